The third-order valence-electron chi connectivity index (χ3n) is 5.95. The molecule has 1 saturated heterocycles. The number of piperazine rings is 1. The van der Waals surface area contributed by atoms with Crippen LogP contribution in [0.5, 0.6) is 0 Å². The molecule has 0 radical (unpaired) electrons. The molecule has 1 aliphatic rings. The number of aliphatic hydroxyl groups is 1. The average molecular weight is 471 g/mol. The number of hydrogen-bond donors (Lipinski definition) is 1. The zero-order chi connectivity index (χ0) is 23.2. The van der Waals surface area contributed by atoms with Crippen molar-refractivity contribution in [3.05, 3.63) is 70.6 Å². The van der Waals surface area contributed by atoms with Crippen LogP contribution in [0.3, 0.4) is 0 Å². The molecular weight excluding hydrogens is 440 g/mol. The number of aromatic nitrogens is 2. The molecule has 33 heavy (non-hydrogen) atoms. The Bertz CT molecular complexity index is 1000. The van der Waals surface area contributed by atoms with E-state index in [1.165, 1.54) is 5.56 Å². The van der Waals surface area contributed by atoms with Gasteiger partial charge in [0.15, 0.2) is 0 Å². The van der Waals surface area contributed by atoms with Crippen LogP contribution in [0, 0.1) is 6.92 Å². The number of halogens is 1. The lowest BCUT2D eigenvalue weighted by molar-refractivity contribution is -0.0216. The summed E-state index contributed by atoms with van der Waals surface area (Å²) < 4.78 is 11.3. The zero-order valence-corrected chi connectivity index (χ0v) is 19.9. The molecule has 8 heteroatoms. The van der Waals surface area contributed by atoms with Gasteiger partial charge in [0.25, 0.3) is 0 Å². The van der Waals surface area contributed by atoms with Crippen LogP contribution >= 0.6 is 11.6 Å². The number of rotatable bonds is 9. The Hall–Kier alpha value is -2.29. The Morgan fingerprint density at radius 1 is 1.03 bits per heavy atom. The number of ether oxygens (including phenoxy) is 1. The van der Waals surface area contributed by atoms with E-state index in [0.29, 0.717) is 36.4 Å². The van der Waals surface area contributed by atoms with Crippen LogP contribution in [0.2, 0.25) is 5.02 Å². The van der Waals surface area contributed by atoms with Gasteiger partial charge in [0.1, 0.15) is 0 Å². The average Bonchev–Trinajstić information content (AvgIpc) is 3.28. The van der Waals surface area contributed by atoms with Crippen molar-refractivity contribution in [2.75, 3.05) is 39.3 Å². The van der Waals surface area contributed by atoms with Crippen molar-refractivity contribution in [2.45, 2.75) is 32.6 Å². The summed E-state index contributed by atoms with van der Waals surface area (Å²) >= 11 is 5.94. The lowest BCUT2D eigenvalue weighted by Crippen LogP contribution is -2.48. The van der Waals surface area contributed by atoms with E-state index in [1.54, 1.807) is 0 Å². The van der Waals surface area contributed by atoms with E-state index < -0.39 is 6.10 Å². The van der Waals surface area contributed by atoms with E-state index in [1.807, 2.05) is 55.5 Å². The first-order chi connectivity index (χ1) is 16.0. The molecule has 2 aromatic carbocycles. The molecule has 1 aliphatic heterocycles. The lowest BCUT2D eigenvalue weighted by atomic mass is 10.1. The van der Waals surface area contributed by atoms with Crippen molar-refractivity contribution in [2.24, 2.45) is 0 Å². The second-order valence-corrected chi connectivity index (χ2v) is 9.07. The fourth-order valence-corrected chi connectivity index (χ4v) is 4.02. The summed E-state index contributed by atoms with van der Waals surface area (Å²) in [6.07, 6.45) is -0.618. The Labute approximate surface area is 199 Å². The smallest absolute Gasteiger partial charge is 0.241 e. The fraction of sp³-hybridized carbons (Fsp3) is 0.440. The van der Waals surface area contributed by atoms with Gasteiger partial charge in [-0.1, -0.05) is 58.7 Å². The molecule has 0 spiro atoms. The highest BCUT2D eigenvalue weighted by Crippen LogP contribution is 2.20. The van der Waals surface area contributed by atoms with Gasteiger partial charge < -0.3 is 14.4 Å². The zero-order valence-electron chi connectivity index (χ0n) is 19.2. The van der Waals surface area contributed by atoms with Crippen LogP contribution in [-0.4, -0.2) is 70.5 Å². The standard InChI is InChI=1S/C25H31ClN4O3/c1-18-3-5-21(6-4-18)25-27-24(33-28-25)16-30-13-11-29(12-14-30)15-23(31)17-32-19(2)20-7-9-22(26)10-8-20/h3-10,19,23,31H,11-17H2,1-2H3. The summed E-state index contributed by atoms with van der Waals surface area (Å²) in [5.74, 6) is 1.25. The Balaban J connectivity index is 1.17. The SMILES string of the molecule is Cc1ccc(-c2noc(CN3CCN(CC(O)COC(C)c4ccc(Cl)cc4)CC3)n2)cc1. The molecule has 1 N–H and O–H groups in total. The van der Waals surface area contributed by atoms with Crippen molar-refractivity contribution in [3.63, 3.8) is 0 Å². The monoisotopic (exact) mass is 470 g/mol. The lowest BCUT2D eigenvalue weighted by Gasteiger charge is -2.35. The Morgan fingerprint density at radius 3 is 2.39 bits per heavy atom. The van der Waals surface area contributed by atoms with Crippen molar-refractivity contribution in [1.82, 2.24) is 19.9 Å². The second kappa shape index (κ2) is 11.2. The van der Waals surface area contributed by atoms with E-state index >= 15 is 0 Å². The summed E-state index contributed by atoms with van der Waals surface area (Å²) in [6, 6.07) is 15.7. The van der Waals surface area contributed by atoms with Crippen molar-refractivity contribution >= 4 is 11.6 Å². The van der Waals surface area contributed by atoms with Gasteiger partial charge in [0, 0.05) is 43.3 Å². The molecule has 0 aliphatic carbocycles. The van der Waals surface area contributed by atoms with Gasteiger partial charge in [-0.25, -0.2) is 0 Å². The maximum Gasteiger partial charge on any atom is 0.241 e. The van der Waals surface area contributed by atoms with Crippen LogP contribution in [0.4, 0.5) is 0 Å². The highest BCUT2D eigenvalue weighted by atomic mass is 35.5. The molecule has 1 aromatic heterocycles. The minimum absolute atomic E-state index is 0.0898. The Morgan fingerprint density at radius 2 is 1.70 bits per heavy atom. The predicted octanol–water partition coefficient (Wildman–Crippen LogP) is 3.95. The first-order valence-electron chi connectivity index (χ1n) is 11.4. The maximum atomic E-state index is 10.4. The van der Waals surface area contributed by atoms with E-state index in [9.17, 15) is 5.11 Å². The molecule has 176 valence electrons. The minimum atomic E-state index is -0.528. The number of benzene rings is 2. The van der Waals surface area contributed by atoms with Crippen LogP contribution < -0.4 is 0 Å². The molecule has 1 fully saturated rings. The summed E-state index contributed by atoms with van der Waals surface area (Å²) in [4.78, 5) is 9.11. The third kappa shape index (κ3) is 6.85. The third-order valence-corrected chi connectivity index (χ3v) is 6.20. The number of β-amino-alcohol motifs (C(OH)–C–C–N with tert-alkyl or cyclic N) is 1. The number of hydrogen-bond acceptors (Lipinski definition) is 7. The van der Waals surface area contributed by atoms with Crippen LogP contribution in [0.15, 0.2) is 53.1 Å². The summed E-state index contributed by atoms with van der Waals surface area (Å²) in [6.45, 7) is 9.10. The molecular formula is C25H31ClN4O3. The van der Waals surface area contributed by atoms with E-state index in [2.05, 4.69) is 26.9 Å². The van der Waals surface area contributed by atoms with Gasteiger partial charge in [-0.05, 0) is 31.5 Å². The molecule has 0 bridgehead atoms. The van der Waals surface area contributed by atoms with Gasteiger partial charge in [-0.15, -0.1) is 0 Å². The number of aryl methyl sites for hydroxylation is 1. The summed E-state index contributed by atoms with van der Waals surface area (Å²) in [5.41, 5.74) is 3.21. The van der Waals surface area contributed by atoms with E-state index in [4.69, 9.17) is 20.9 Å². The van der Waals surface area contributed by atoms with Gasteiger partial charge in [-0.2, -0.15) is 4.98 Å². The van der Waals surface area contributed by atoms with Crippen molar-refractivity contribution in [3.8, 4) is 11.4 Å². The molecule has 0 saturated carbocycles. The topological polar surface area (TPSA) is 74.9 Å². The van der Waals surface area contributed by atoms with Crippen molar-refractivity contribution < 1.29 is 14.4 Å². The van der Waals surface area contributed by atoms with Gasteiger partial charge in [0.05, 0.1) is 25.4 Å². The molecule has 4 rings (SSSR count). The highest BCUT2D eigenvalue weighted by Gasteiger charge is 2.21. The molecule has 2 heterocycles. The fourth-order valence-electron chi connectivity index (χ4n) is 3.90. The molecule has 3 aromatic rings. The molecule has 7 nitrogen and oxygen atoms in total. The highest BCUT2D eigenvalue weighted by molar-refractivity contribution is 6.30. The van der Waals surface area contributed by atoms with E-state index in [0.717, 1.165) is 37.3 Å². The molecule has 2 atom stereocenters. The van der Waals surface area contributed by atoms with E-state index in [-0.39, 0.29) is 6.10 Å². The van der Waals surface area contributed by atoms with Gasteiger partial charge in [-0.3, -0.25) is 9.80 Å². The normalized spacial score (nSPS) is 17.2. The van der Waals surface area contributed by atoms with Crippen LogP contribution in [0.25, 0.3) is 11.4 Å². The number of aliphatic hydroxyl groups excluding tert-OH is 1. The van der Waals surface area contributed by atoms with Crippen LogP contribution in [-0.2, 0) is 11.3 Å². The van der Waals surface area contributed by atoms with Gasteiger partial charge >= 0.3 is 0 Å². The maximum absolute atomic E-state index is 10.4. The second-order valence-electron chi connectivity index (χ2n) is 8.64. The van der Waals surface area contributed by atoms with Crippen LogP contribution in [0.1, 0.15) is 30.0 Å². The summed E-state index contributed by atoms with van der Waals surface area (Å²) in [5, 5.41) is 15.3. The predicted molar refractivity (Wildman–Crippen MR) is 128 cm³/mol. The Kier molecular flexibility index (Phi) is 8.11. The number of nitrogens with zero attached hydrogens (tertiary/aromatic N) is 4. The molecule has 2 unspecified atom stereocenters. The first-order valence-corrected chi connectivity index (χ1v) is 11.7. The largest absolute Gasteiger partial charge is 0.389 e. The first kappa shape index (κ1) is 23.9. The summed E-state index contributed by atoms with van der Waals surface area (Å²) in [7, 11) is 0. The minimum Gasteiger partial charge on any atom is -0.389 e. The quantitative estimate of drug-likeness (QED) is 0.507. The molecule has 0 amide bonds. The van der Waals surface area contributed by atoms with Gasteiger partial charge in [0.2, 0.25) is 11.7 Å². The van der Waals surface area contributed by atoms with Crippen molar-refractivity contribution in [1.29, 1.82) is 0 Å².